The lowest BCUT2D eigenvalue weighted by molar-refractivity contribution is 0.199. The van der Waals surface area contributed by atoms with Crippen LogP contribution in [0.1, 0.15) is 51.7 Å². The fraction of sp³-hybridized carbons (Fsp3) is 0.533. The SMILES string of the molecule is CCCC(CC)NC(=O)Nc1ccc(C(C)O)cc1. The molecular weight excluding hydrogens is 240 g/mol. The van der Waals surface area contributed by atoms with E-state index in [1.807, 2.05) is 12.1 Å². The van der Waals surface area contributed by atoms with Crippen molar-refractivity contribution in [1.29, 1.82) is 0 Å². The summed E-state index contributed by atoms with van der Waals surface area (Å²) >= 11 is 0. The Morgan fingerprint density at radius 1 is 1.26 bits per heavy atom. The van der Waals surface area contributed by atoms with E-state index in [-0.39, 0.29) is 12.1 Å². The number of hydrogen-bond acceptors (Lipinski definition) is 2. The highest BCUT2D eigenvalue weighted by Crippen LogP contribution is 2.15. The molecule has 0 spiro atoms. The molecule has 4 nitrogen and oxygen atoms in total. The van der Waals surface area contributed by atoms with Crippen LogP contribution in [0.3, 0.4) is 0 Å². The number of benzene rings is 1. The number of anilines is 1. The van der Waals surface area contributed by atoms with Crippen LogP contribution >= 0.6 is 0 Å². The first kappa shape index (κ1) is 15.5. The second-order valence-electron chi connectivity index (χ2n) is 4.79. The van der Waals surface area contributed by atoms with Crippen molar-refractivity contribution in [2.45, 2.75) is 52.2 Å². The van der Waals surface area contributed by atoms with E-state index in [2.05, 4.69) is 24.5 Å². The first-order chi connectivity index (χ1) is 9.06. The molecule has 2 unspecified atom stereocenters. The maximum absolute atomic E-state index is 11.8. The molecule has 0 saturated carbocycles. The number of carbonyl (C=O) groups is 1. The molecule has 0 saturated heterocycles. The van der Waals surface area contributed by atoms with Crippen LogP contribution in [0.5, 0.6) is 0 Å². The third-order valence-electron chi connectivity index (χ3n) is 3.12. The summed E-state index contributed by atoms with van der Waals surface area (Å²) in [5.41, 5.74) is 1.57. The number of rotatable bonds is 6. The molecule has 0 heterocycles. The van der Waals surface area contributed by atoms with Crippen LogP contribution in [0.15, 0.2) is 24.3 Å². The average Bonchev–Trinajstić information content (AvgIpc) is 2.38. The van der Waals surface area contributed by atoms with Gasteiger partial charge in [-0.05, 0) is 37.5 Å². The molecule has 0 radical (unpaired) electrons. The van der Waals surface area contributed by atoms with Crippen molar-refractivity contribution in [3.8, 4) is 0 Å². The molecular formula is C15H24N2O2. The summed E-state index contributed by atoms with van der Waals surface area (Å²) in [5.74, 6) is 0. The fourth-order valence-corrected chi connectivity index (χ4v) is 1.92. The number of carbonyl (C=O) groups excluding carboxylic acids is 1. The molecule has 0 aliphatic heterocycles. The van der Waals surface area contributed by atoms with Crippen LogP contribution < -0.4 is 10.6 Å². The standard InChI is InChI=1S/C15H24N2O2/c1-4-6-13(5-2)16-15(19)17-14-9-7-12(8-10-14)11(3)18/h7-11,13,18H,4-6H2,1-3H3,(H2,16,17,19). The zero-order chi connectivity index (χ0) is 14.3. The van der Waals surface area contributed by atoms with E-state index < -0.39 is 6.10 Å². The summed E-state index contributed by atoms with van der Waals surface area (Å²) < 4.78 is 0. The molecule has 1 rings (SSSR count). The Labute approximate surface area is 115 Å². The molecule has 2 amide bonds. The van der Waals surface area contributed by atoms with Gasteiger partial charge in [-0.3, -0.25) is 0 Å². The Hall–Kier alpha value is -1.55. The lowest BCUT2D eigenvalue weighted by Crippen LogP contribution is -2.37. The van der Waals surface area contributed by atoms with Gasteiger partial charge in [0.25, 0.3) is 0 Å². The van der Waals surface area contributed by atoms with Crippen LogP contribution in [0.4, 0.5) is 10.5 Å². The van der Waals surface area contributed by atoms with Gasteiger partial charge < -0.3 is 15.7 Å². The molecule has 0 aliphatic carbocycles. The van der Waals surface area contributed by atoms with E-state index in [1.54, 1.807) is 19.1 Å². The van der Waals surface area contributed by atoms with Crippen LogP contribution in [-0.2, 0) is 0 Å². The number of nitrogens with one attached hydrogen (secondary N) is 2. The molecule has 0 aliphatic rings. The topological polar surface area (TPSA) is 61.4 Å². The van der Waals surface area contributed by atoms with Gasteiger partial charge in [0, 0.05) is 11.7 Å². The molecule has 0 aromatic heterocycles. The van der Waals surface area contributed by atoms with E-state index in [0.29, 0.717) is 0 Å². The molecule has 2 atom stereocenters. The monoisotopic (exact) mass is 264 g/mol. The molecule has 1 aromatic rings. The summed E-state index contributed by atoms with van der Waals surface area (Å²) in [4.78, 5) is 11.8. The number of hydrogen-bond donors (Lipinski definition) is 3. The Bertz CT molecular complexity index is 388. The van der Waals surface area contributed by atoms with Gasteiger partial charge in [-0.1, -0.05) is 32.4 Å². The van der Waals surface area contributed by atoms with Gasteiger partial charge in [0.15, 0.2) is 0 Å². The van der Waals surface area contributed by atoms with Gasteiger partial charge >= 0.3 is 6.03 Å². The quantitative estimate of drug-likeness (QED) is 0.737. The highest BCUT2D eigenvalue weighted by Gasteiger charge is 2.09. The van der Waals surface area contributed by atoms with Crippen molar-refractivity contribution in [3.05, 3.63) is 29.8 Å². The summed E-state index contributed by atoms with van der Waals surface area (Å²) in [5, 5.41) is 15.2. The van der Waals surface area contributed by atoms with Crippen LogP contribution in [0, 0.1) is 0 Å². The van der Waals surface area contributed by atoms with E-state index in [9.17, 15) is 9.90 Å². The van der Waals surface area contributed by atoms with Crippen molar-refractivity contribution in [1.82, 2.24) is 5.32 Å². The van der Waals surface area contributed by atoms with E-state index in [1.165, 1.54) is 0 Å². The molecule has 106 valence electrons. The van der Waals surface area contributed by atoms with Crippen LogP contribution in [-0.4, -0.2) is 17.2 Å². The van der Waals surface area contributed by atoms with Gasteiger partial charge in [0.2, 0.25) is 0 Å². The van der Waals surface area contributed by atoms with E-state index in [4.69, 9.17) is 0 Å². The molecule has 4 heteroatoms. The third kappa shape index (κ3) is 5.30. The first-order valence-electron chi connectivity index (χ1n) is 6.92. The van der Waals surface area contributed by atoms with Gasteiger partial charge in [0.1, 0.15) is 0 Å². The van der Waals surface area contributed by atoms with Gasteiger partial charge in [0.05, 0.1) is 6.10 Å². The summed E-state index contributed by atoms with van der Waals surface area (Å²) in [6.07, 6.45) is 2.49. The van der Waals surface area contributed by atoms with Crippen molar-refractivity contribution in [2.24, 2.45) is 0 Å². The first-order valence-corrected chi connectivity index (χ1v) is 6.92. The minimum atomic E-state index is -0.489. The predicted octanol–water partition coefficient (Wildman–Crippen LogP) is 3.44. The van der Waals surface area contributed by atoms with Crippen molar-refractivity contribution in [2.75, 3.05) is 5.32 Å². The van der Waals surface area contributed by atoms with Crippen LogP contribution in [0.2, 0.25) is 0 Å². The number of aliphatic hydroxyl groups is 1. The fourth-order valence-electron chi connectivity index (χ4n) is 1.92. The average molecular weight is 264 g/mol. The smallest absolute Gasteiger partial charge is 0.319 e. The molecule has 3 N–H and O–H groups in total. The zero-order valence-electron chi connectivity index (χ0n) is 11.9. The summed E-state index contributed by atoms with van der Waals surface area (Å²) in [7, 11) is 0. The predicted molar refractivity (Wildman–Crippen MR) is 78.2 cm³/mol. The Kier molecular flexibility index (Phi) is 6.36. The van der Waals surface area contributed by atoms with E-state index in [0.717, 1.165) is 30.5 Å². The normalized spacial score (nSPS) is 13.7. The van der Waals surface area contributed by atoms with Crippen molar-refractivity contribution < 1.29 is 9.90 Å². The maximum Gasteiger partial charge on any atom is 0.319 e. The second-order valence-corrected chi connectivity index (χ2v) is 4.79. The molecule has 1 aromatic carbocycles. The second kappa shape index (κ2) is 7.79. The minimum Gasteiger partial charge on any atom is -0.389 e. The summed E-state index contributed by atoms with van der Waals surface area (Å²) in [6, 6.07) is 7.25. The van der Waals surface area contributed by atoms with Gasteiger partial charge in [-0.25, -0.2) is 4.79 Å². The largest absolute Gasteiger partial charge is 0.389 e. The van der Waals surface area contributed by atoms with Gasteiger partial charge in [-0.15, -0.1) is 0 Å². The summed E-state index contributed by atoms with van der Waals surface area (Å²) in [6.45, 7) is 5.89. The lowest BCUT2D eigenvalue weighted by Gasteiger charge is -2.16. The molecule has 0 fully saturated rings. The Morgan fingerprint density at radius 3 is 2.37 bits per heavy atom. The third-order valence-corrected chi connectivity index (χ3v) is 3.12. The Morgan fingerprint density at radius 2 is 1.89 bits per heavy atom. The van der Waals surface area contributed by atoms with Crippen molar-refractivity contribution in [3.63, 3.8) is 0 Å². The van der Waals surface area contributed by atoms with Crippen LogP contribution in [0.25, 0.3) is 0 Å². The molecule has 0 bridgehead atoms. The number of aliphatic hydroxyl groups excluding tert-OH is 1. The highest BCUT2D eigenvalue weighted by molar-refractivity contribution is 5.89. The molecule has 19 heavy (non-hydrogen) atoms. The van der Waals surface area contributed by atoms with Crippen molar-refractivity contribution >= 4 is 11.7 Å². The van der Waals surface area contributed by atoms with Gasteiger partial charge in [-0.2, -0.15) is 0 Å². The maximum atomic E-state index is 11.8. The highest BCUT2D eigenvalue weighted by atomic mass is 16.3. The zero-order valence-corrected chi connectivity index (χ0v) is 11.9. The Balaban J connectivity index is 2.52. The number of amides is 2. The minimum absolute atomic E-state index is 0.176. The van der Waals surface area contributed by atoms with E-state index >= 15 is 0 Å². The lowest BCUT2D eigenvalue weighted by atomic mass is 10.1. The number of urea groups is 1.